The van der Waals surface area contributed by atoms with Gasteiger partial charge < -0.3 is 10.1 Å². The lowest BCUT2D eigenvalue weighted by atomic mass is 10.3. The molecular weight excluding hydrogens is 226 g/mol. The highest BCUT2D eigenvalue weighted by molar-refractivity contribution is 7.98. The summed E-state index contributed by atoms with van der Waals surface area (Å²) in [4.78, 5) is 23.4. The summed E-state index contributed by atoms with van der Waals surface area (Å²) in [5, 5.41) is 2.47. The molecule has 86 valence electrons. The van der Waals surface area contributed by atoms with Crippen molar-refractivity contribution in [3.8, 4) is 0 Å². The number of benzene rings is 1. The number of hydrogen-bond donors (Lipinski definition) is 1. The molecule has 0 heterocycles. The molecule has 0 bridgehead atoms. The zero-order valence-electron chi connectivity index (χ0n) is 9.15. The molecule has 0 saturated carbocycles. The predicted octanol–water partition coefficient (Wildman–Crippen LogP) is 1.91. The second-order valence-corrected chi connectivity index (χ2v) is 3.79. The molecule has 0 spiro atoms. The zero-order chi connectivity index (χ0) is 12.0. The minimum absolute atomic E-state index is 0.192. The van der Waals surface area contributed by atoms with Crippen LogP contribution >= 0.6 is 11.8 Å². The molecule has 5 heteroatoms. The number of carbonyl (C=O) groups is 2. The Kier molecular flexibility index (Phi) is 4.85. The van der Waals surface area contributed by atoms with Crippen LogP contribution in [-0.2, 0) is 14.3 Å². The van der Waals surface area contributed by atoms with Gasteiger partial charge in [0.15, 0.2) is 0 Å². The van der Waals surface area contributed by atoms with Crippen LogP contribution in [0.3, 0.4) is 0 Å². The third-order valence-electron chi connectivity index (χ3n) is 1.79. The van der Waals surface area contributed by atoms with E-state index in [0.29, 0.717) is 5.69 Å². The zero-order valence-corrected chi connectivity index (χ0v) is 9.97. The number of ether oxygens (including phenoxy) is 1. The van der Waals surface area contributed by atoms with E-state index in [1.807, 2.05) is 18.4 Å². The van der Waals surface area contributed by atoms with Crippen LogP contribution < -0.4 is 5.32 Å². The second kappa shape index (κ2) is 6.17. The number of esters is 1. The summed E-state index contributed by atoms with van der Waals surface area (Å²) in [7, 11) is 0. The topological polar surface area (TPSA) is 55.4 Å². The van der Waals surface area contributed by atoms with Gasteiger partial charge in [-0.05, 0) is 31.4 Å². The summed E-state index contributed by atoms with van der Waals surface area (Å²) < 4.78 is 4.58. The van der Waals surface area contributed by atoms with Gasteiger partial charge in [0.1, 0.15) is 0 Å². The van der Waals surface area contributed by atoms with E-state index in [-0.39, 0.29) is 6.61 Å². The average molecular weight is 239 g/mol. The molecule has 4 nitrogen and oxygen atoms in total. The molecule has 0 aliphatic carbocycles. The molecular formula is C11H13NO3S. The lowest BCUT2D eigenvalue weighted by Gasteiger charge is -2.05. The van der Waals surface area contributed by atoms with Crippen molar-refractivity contribution in [1.82, 2.24) is 0 Å². The van der Waals surface area contributed by atoms with Gasteiger partial charge in [0.25, 0.3) is 0 Å². The van der Waals surface area contributed by atoms with E-state index in [2.05, 4.69) is 10.1 Å². The highest BCUT2D eigenvalue weighted by atomic mass is 32.2. The quantitative estimate of drug-likeness (QED) is 0.497. The number of carbonyl (C=O) groups excluding carboxylic acids is 2. The van der Waals surface area contributed by atoms with Gasteiger partial charge in [-0.15, -0.1) is 11.8 Å². The molecule has 1 aromatic carbocycles. The van der Waals surface area contributed by atoms with Crippen LogP contribution in [0, 0.1) is 0 Å². The molecule has 0 aliphatic heterocycles. The maximum Gasteiger partial charge on any atom is 0.397 e. The van der Waals surface area contributed by atoms with Crippen LogP contribution in [0.4, 0.5) is 5.69 Å². The molecule has 16 heavy (non-hydrogen) atoms. The first kappa shape index (κ1) is 12.6. The van der Waals surface area contributed by atoms with Crippen molar-refractivity contribution in [2.75, 3.05) is 18.2 Å². The van der Waals surface area contributed by atoms with Crippen LogP contribution in [0.5, 0.6) is 0 Å². The Labute approximate surface area is 98.4 Å². The van der Waals surface area contributed by atoms with E-state index >= 15 is 0 Å². The van der Waals surface area contributed by atoms with E-state index in [1.165, 1.54) is 0 Å². The highest BCUT2D eigenvalue weighted by Gasteiger charge is 2.14. The molecule has 0 atom stereocenters. The summed E-state index contributed by atoms with van der Waals surface area (Å²) in [5.41, 5.74) is 0.588. The number of nitrogens with one attached hydrogen (secondary N) is 1. The minimum Gasteiger partial charge on any atom is -0.459 e. The Morgan fingerprint density at radius 3 is 2.81 bits per heavy atom. The van der Waals surface area contributed by atoms with Gasteiger partial charge in [0.05, 0.1) is 6.61 Å². The molecule has 0 saturated heterocycles. The van der Waals surface area contributed by atoms with Gasteiger partial charge in [-0.3, -0.25) is 4.79 Å². The molecule has 1 amide bonds. The Morgan fingerprint density at radius 1 is 1.44 bits per heavy atom. The van der Waals surface area contributed by atoms with Gasteiger partial charge in [0.2, 0.25) is 0 Å². The molecule has 0 aliphatic rings. The van der Waals surface area contributed by atoms with Crippen molar-refractivity contribution < 1.29 is 14.3 Å². The number of amides is 1. The normalized spacial score (nSPS) is 9.62. The van der Waals surface area contributed by atoms with E-state index < -0.39 is 11.9 Å². The average Bonchev–Trinajstić information content (AvgIpc) is 2.29. The van der Waals surface area contributed by atoms with Gasteiger partial charge in [-0.1, -0.05) is 6.07 Å². The fraction of sp³-hybridized carbons (Fsp3) is 0.273. The summed E-state index contributed by atoms with van der Waals surface area (Å²) in [6, 6.07) is 7.25. The van der Waals surface area contributed by atoms with E-state index in [1.54, 1.807) is 30.8 Å². The third kappa shape index (κ3) is 3.58. The molecule has 1 aromatic rings. The summed E-state index contributed by atoms with van der Waals surface area (Å²) >= 11 is 1.56. The minimum atomic E-state index is -0.864. The van der Waals surface area contributed by atoms with Crippen LogP contribution in [0.1, 0.15) is 6.92 Å². The Morgan fingerprint density at radius 2 is 2.19 bits per heavy atom. The number of anilines is 1. The monoisotopic (exact) mass is 239 g/mol. The first-order valence-electron chi connectivity index (χ1n) is 4.79. The van der Waals surface area contributed by atoms with Gasteiger partial charge in [0, 0.05) is 10.6 Å². The number of thioether (sulfide) groups is 1. The van der Waals surface area contributed by atoms with Crippen LogP contribution in [-0.4, -0.2) is 24.7 Å². The van der Waals surface area contributed by atoms with Crippen LogP contribution in [0.25, 0.3) is 0 Å². The fourth-order valence-corrected chi connectivity index (χ4v) is 1.54. The lowest BCUT2D eigenvalue weighted by Crippen LogP contribution is -2.24. The largest absolute Gasteiger partial charge is 0.459 e. The van der Waals surface area contributed by atoms with E-state index in [0.717, 1.165) is 4.90 Å². The fourth-order valence-electron chi connectivity index (χ4n) is 1.08. The molecule has 0 aromatic heterocycles. The highest BCUT2D eigenvalue weighted by Crippen LogP contribution is 2.18. The first-order chi connectivity index (χ1) is 7.67. The van der Waals surface area contributed by atoms with Gasteiger partial charge >= 0.3 is 11.9 Å². The summed E-state index contributed by atoms with van der Waals surface area (Å²) in [6.07, 6.45) is 1.94. The Balaban J connectivity index is 2.65. The Bertz CT molecular complexity index is 393. The SMILES string of the molecule is CCOC(=O)C(=O)Nc1cccc(SC)c1. The predicted molar refractivity (Wildman–Crippen MR) is 63.5 cm³/mol. The standard InChI is InChI=1S/C11H13NO3S/c1-3-15-11(14)10(13)12-8-5-4-6-9(7-8)16-2/h4-7H,3H2,1-2H3,(H,12,13). The summed E-state index contributed by atoms with van der Waals surface area (Å²) in [5.74, 6) is -1.61. The maximum atomic E-state index is 11.3. The first-order valence-corrected chi connectivity index (χ1v) is 6.02. The van der Waals surface area contributed by atoms with Crippen molar-refractivity contribution in [3.63, 3.8) is 0 Å². The lowest BCUT2D eigenvalue weighted by molar-refractivity contribution is -0.152. The van der Waals surface area contributed by atoms with Crippen molar-refractivity contribution in [2.24, 2.45) is 0 Å². The smallest absolute Gasteiger partial charge is 0.397 e. The maximum absolute atomic E-state index is 11.3. The number of hydrogen-bond acceptors (Lipinski definition) is 4. The third-order valence-corrected chi connectivity index (χ3v) is 2.51. The van der Waals surface area contributed by atoms with Crippen LogP contribution in [0.2, 0.25) is 0 Å². The molecule has 1 rings (SSSR count). The van der Waals surface area contributed by atoms with Crippen LogP contribution in [0.15, 0.2) is 29.2 Å². The van der Waals surface area contributed by atoms with Crippen molar-refractivity contribution in [1.29, 1.82) is 0 Å². The second-order valence-electron chi connectivity index (χ2n) is 2.91. The van der Waals surface area contributed by atoms with E-state index in [9.17, 15) is 9.59 Å². The van der Waals surface area contributed by atoms with Crippen molar-refractivity contribution >= 4 is 29.3 Å². The Hall–Kier alpha value is -1.49. The molecule has 0 unspecified atom stereocenters. The van der Waals surface area contributed by atoms with Crippen molar-refractivity contribution in [3.05, 3.63) is 24.3 Å². The van der Waals surface area contributed by atoms with Gasteiger partial charge in [-0.2, -0.15) is 0 Å². The number of rotatable bonds is 3. The molecule has 1 N–H and O–H groups in total. The van der Waals surface area contributed by atoms with E-state index in [4.69, 9.17) is 0 Å². The molecule has 0 fully saturated rings. The molecule has 0 radical (unpaired) electrons. The van der Waals surface area contributed by atoms with Crippen molar-refractivity contribution in [2.45, 2.75) is 11.8 Å². The summed E-state index contributed by atoms with van der Waals surface area (Å²) in [6.45, 7) is 1.84. The van der Waals surface area contributed by atoms with Gasteiger partial charge in [-0.25, -0.2) is 4.79 Å².